The zero-order valence-corrected chi connectivity index (χ0v) is 15.3. The van der Waals surface area contributed by atoms with Gasteiger partial charge in [-0.25, -0.2) is 9.78 Å². The molecule has 1 saturated heterocycles. The molecule has 1 fully saturated rings. The summed E-state index contributed by atoms with van der Waals surface area (Å²) in [5, 5.41) is 0.199. The maximum absolute atomic E-state index is 12.7. The third kappa shape index (κ3) is 4.60. The van der Waals surface area contributed by atoms with E-state index >= 15 is 0 Å². The standard InChI is InChI=1S/C17H24ClN3O3/c1-17(2,3)24-16(23)20(4)12-7-6-10-21(11-12)15(22)13-8-5-9-19-14(13)18/h5,8-9,12H,6-7,10-11H2,1-4H3. The Morgan fingerprint density at radius 3 is 2.75 bits per heavy atom. The summed E-state index contributed by atoms with van der Waals surface area (Å²) in [5.74, 6) is -0.157. The van der Waals surface area contributed by atoms with Gasteiger partial charge in [0.05, 0.1) is 11.6 Å². The van der Waals surface area contributed by atoms with Crippen molar-refractivity contribution in [1.29, 1.82) is 0 Å². The summed E-state index contributed by atoms with van der Waals surface area (Å²) in [5.41, 5.74) is -0.154. The highest BCUT2D eigenvalue weighted by Gasteiger charge is 2.31. The first kappa shape index (κ1) is 18.5. The number of likely N-dealkylation sites (tertiary alicyclic amines) is 1. The Morgan fingerprint density at radius 2 is 2.12 bits per heavy atom. The van der Waals surface area contributed by atoms with Crippen LogP contribution in [-0.2, 0) is 4.74 Å². The van der Waals surface area contributed by atoms with E-state index in [2.05, 4.69) is 4.98 Å². The van der Waals surface area contributed by atoms with Gasteiger partial charge in [-0.05, 0) is 45.7 Å². The van der Waals surface area contributed by atoms with Crippen LogP contribution in [0.15, 0.2) is 18.3 Å². The number of nitrogens with zero attached hydrogens (tertiary/aromatic N) is 3. The zero-order chi connectivity index (χ0) is 17.9. The Balaban J connectivity index is 2.05. The number of ether oxygens (including phenoxy) is 1. The first-order valence-corrected chi connectivity index (χ1v) is 8.42. The molecule has 1 atom stereocenters. The molecule has 1 aromatic rings. The summed E-state index contributed by atoms with van der Waals surface area (Å²) in [4.78, 5) is 32.1. The van der Waals surface area contributed by atoms with Crippen molar-refractivity contribution >= 4 is 23.6 Å². The third-order valence-corrected chi connectivity index (χ3v) is 4.20. The molecule has 0 N–H and O–H groups in total. The van der Waals surface area contributed by atoms with Crippen LogP contribution in [0.25, 0.3) is 0 Å². The highest BCUT2D eigenvalue weighted by molar-refractivity contribution is 6.32. The van der Waals surface area contributed by atoms with E-state index < -0.39 is 5.60 Å². The van der Waals surface area contributed by atoms with Gasteiger partial charge >= 0.3 is 6.09 Å². The van der Waals surface area contributed by atoms with Gasteiger partial charge in [-0.15, -0.1) is 0 Å². The number of piperidine rings is 1. The van der Waals surface area contributed by atoms with E-state index in [-0.39, 0.29) is 23.2 Å². The number of rotatable bonds is 2. The summed E-state index contributed by atoms with van der Waals surface area (Å²) in [6, 6.07) is 3.28. The summed E-state index contributed by atoms with van der Waals surface area (Å²) in [6.07, 6.45) is 2.83. The molecule has 0 bridgehead atoms. The van der Waals surface area contributed by atoms with Crippen molar-refractivity contribution in [2.24, 2.45) is 0 Å². The molecule has 2 heterocycles. The largest absolute Gasteiger partial charge is 0.444 e. The molecule has 2 amide bonds. The number of pyridine rings is 1. The lowest BCUT2D eigenvalue weighted by Gasteiger charge is -2.38. The van der Waals surface area contributed by atoms with Crippen LogP contribution in [0.3, 0.4) is 0 Å². The van der Waals surface area contributed by atoms with Gasteiger partial charge in [-0.1, -0.05) is 11.6 Å². The van der Waals surface area contributed by atoms with Crippen molar-refractivity contribution < 1.29 is 14.3 Å². The van der Waals surface area contributed by atoms with Gasteiger partial charge in [0, 0.05) is 26.3 Å². The van der Waals surface area contributed by atoms with E-state index in [4.69, 9.17) is 16.3 Å². The predicted molar refractivity (Wildman–Crippen MR) is 92.2 cm³/mol. The summed E-state index contributed by atoms with van der Waals surface area (Å²) in [6.45, 7) is 6.60. The van der Waals surface area contributed by atoms with E-state index in [0.717, 1.165) is 12.8 Å². The van der Waals surface area contributed by atoms with Gasteiger partial charge in [0.15, 0.2) is 0 Å². The van der Waals surface area contributed by atoms with Crippen LogP contribution in [-0.4, -0.2) is 58.6 Å². The lowest BCUT2D eigenvalue weighted by atomic mass is 10.0. The number of likely N-dealkylation sites (N-methyl/N-ethyl adjacent to an activating group) is 1. The van der Waals surface area contributed by atoms with Crippen molar-refractivity contribution in [2.75, 3.05) is 20.1 Å². The number of carbonyl (C=O) groups is 2. The van der Waals surface area contributed by atoms with Gasteiger partial charge < -0.3 is 14.5 Å². The molecule has 0 radical (unpaired) electrons. The van der Waals surface area contributed by atoms with Crippen LogP contribution in [0.4, 0.5) is 4.79 Å². The molecule has 132 valence electrons. The van der Waals surface area contributed by atoms with Crippen LogP contribution in [0.1, 0.15) is 44.0 Å². The van der Waals surface area contributed by atoms with Crippen LogP contribution in [0, 0.1) is 0 Å². The highest BCUT2D eigenvalue weighted by Crippen LogP contribution is 2.21. The second-order valence-electron chi connectivity index (χ2n) is 6.98. The van der Waals surface area contributed by atoms with Crippen LogP contribution >= 0.6 is 11.6 Å². The van der Waals surface area contributed by atoms with Crippen molar-refractivity contribution in [2.45, 2.75) is 45.3 Å². The molecule has 0 saturated carbocycles. The van der Waals surface area contributed by atoms with Gasteiger partial charge in [0.25, 0.3) is 5.91 Å². The van der Waals surface area contributed by atoms with Gasteiger partial charge in [0.1, 0.15) is 10.8 Å². The van der Waals surface area contributed by atoms with E-state index in [1.807, 2.05) is 20.8 Å². The molecule has 0 aromatic carbocycles. The number of halogens is 1. The maximum Gasteiger partial charge on any atom is 0.410 e. The molecule has 1 aromatic heterocycles. The van der Waals surface area contributed by atoms with Gasteiger partial charge in [-0.3, -0.25) is 4.79 Å². The lowest BCUT2D eigenvalue weighted by Crippen LogP contribution is -2.51. The first-order chi connectivity index (χ1) is 11.2. The van der Waals surface area contributed by atoms with Gasteiger partial charge in [-0.2, -0.15) is 0 Å². The molecule has 6 nitrogen and oxygen atoms in total. The minimum atomic E-state index is -0.543. The highest BCUT2D eigenvalue weighted by atomic mass is 35.5. The summed E-state index contributed by atoms with van der Waals surface area (Å²) < 4.78 is 5.40. The molecular formula is C17H24ClN3O3. The fraction of sp³-hybridized carbons (Fsp3) is 0.588. The topological polar surface area (TPSA) is 62.7 Å². The van der Waals surface area contributed by atoms with E-state index in [0.29, 0.717) is 18.7 Å². The Kier molecular flexibility index (Phi) is 5.70. The lowest BCUT2D eigenvalue weighted by molar-refractivity contribution is 0.0131. The maximum atomic E-state index is 12.7. The Hall–Kier alpha value is -1.82. The molecule has 0 spiro atoms. The fourth-order valence-electron chi connectivity index (χ4n) is 2.65. The Morgan fingerprint density at radius 1 is 1.42 bits per heavy atom. The molecular weight excluding hydrogens is 330 g/mol. The SMILES string of the molecule is CN(C(=O)OC(C)(C)C)C1CCCN(C(=O)c2cccnc2Cl)C1. The number of carbonyl (C=O) groups excluding carboxylic acids is 2. The van der Waals surface area contributed by atoms with Crippen LogP contribution < -0.4 is 0 Å². The van der Waals surface area contributed by atoms with Crippen molar-refractivity contribution in [3.05, 3.63) is 29.0 Å². The number of amides is 2. The third-order valence-electron chi connectivity index (χ3n) is 3.90. The predicted octanol–water partition coefficient (Wildman–Crippen LogP) is 3.21. The zero-order valence-electron chi connectivity index (χ0n) is 14.6. The van der Waals surface area contributed by atoms with E-state index in [1.54, 1.807) is 35.2 Å². The molecule has 1 aliphatic heterocycles. The summed E-state index contributed by atoms with van der Waals surface area (Å²) >= 11 is 6.02. The average Bonchev–Trinajstić information content (AvgIpc) is 2.52. The fourth-order valence-corrected chi connectivity index (χ4v) is 2.85. The Labute approximate surface area is 147 Å². The summed E-state index contributed by atoms with van der Waals surface area (Å²) in [7, 11) is 1.71. The van der Waals surface area contributed by atoms with Crippen molar-refractivity contribution in [3.8, 4) is 0 Å². The smallest absolute Gasteiger partial charge is 0.410 e. The minimum absolute atomic E-state index is 0.0759. The van der Waals surface area contributed by atoms with Crippen molar-refractivity contribution in [1.82, 2.24) is 14.8 Å². The monoisotopic (exact) mass is 353 g/mol. The molecule has 0 aliphatic carbocycles. The number of hydrogen-bond acceptors (Lipinski definition) is 4. The first-order valence-electron chi connectivity index (χ1n) is 8.04. The number of hydrogen-bond donors (Lipinski definition) is 0. The molecule has 7 heteroatoms. The van der Waals surface area contributed by atoms with E-state index in [1.165, 1.54) is 0 Å². The van der Waals surface area contributed by atoms with E-state index in [9.17, 15) is 9.59 Å². The second-order valence-corrected chi connectivity index (χ2v) is 7.34. The number of aromatic nitrogens is 1. The molecule has 1 aliphatic rings. The van der Waals surface area contributed by atoms with Crippen molar-refractivity contribution in [3.63, 3.8) is 0 Å². The normalized spacial score (nSPS) is 18.2. The van der Waals surface area contributed by atoms with Gasteiger partial charge in [0.2, 0.25) is 0 Å². The average molecular weight is 354 g/mol. The van der Waals surface area contributed by atoms with Crippen LogP contribution in [0.5, 0.6) is 0 Å². The molecule has 2 rings (SSSR count). The minimum Gasteiger partial charge on any atom is -0.444 e. The molecule has 24 heavy (non-hydrogen) atoms. The second kappa shape index (κ2) is 7.38. The quantitative estimate of drug-likeness (QED) is 0.766. The van der Waals surface area contributed by atoms with Crippen LogP contribution in [0.2, 0.25) is 5.15 Å². The molecule has 1 unspecified atom stereocenters. The Bertz CT molecular complexity index is 615.